The van der Waals surface area contributed by atoms with Crippen LogP contribution in [-0.4, -0.2) is 58.8 Å². The summed E-state index contributed by atoms with van der Waals surface area (Å²) in [6, 6.07) is 6.86. The summed E-state index contributed by atoms with van der Waals surface area (Å²) in [6.07, 6.45) is 5.30. The van der Waals surface area contributed by atoms with E-state index in [1.54, 1.807) is 32.9 Å². The number of nitrogens with one attached hydrogen (secondary N) is 2. The van der Waals surface area contributed by atoms with Crippen molar-refractivity contribution >= 4 is 17.9 Å². The Morgan fingerprint density at radius 3 is 2.11 bits per heavy atom. The molecule has 0 radical (unpaired) electrons. The highest BCUT2D eigenvalue weighted by molar-refractivity contribution is 5.92. The lowest BCUT2D eigenvalue weighted by Gasteiger charge is -2.34. The zero-order chi connectivity index (χ0) is 26.4. The molecule has 0 aliphatic rings. The van der Waals surface area contributed by atoms with E-state index in [1.807, 2.05) is 32.0 Å². The Kier molecular flexibility index (Phi) is 13.4. The van der Waals surface area contributed by atoms with Gasteiger partial charge in [-0.15, -0.1) is 0 Å². The quantitative estimate of drug-likeness (QED) is 0.336. The van der Waals surface area contributed by atoms with E-state index in [2.05, 4.69) is 17.6 Å². The first kappa shape index (κ1) is 30.4. The Morgan fingerprint density at radius 1 is 0.971 bits per heavy atom. The van der Waals surface area contributed by atoms with Crippen molar-refractivity contribution in [3.63, 3.8) is 0 Å². The van der Waals surface area contributed by atoms with Crippen LogP contribution in [0.4, 0.5) is 4.79 Å². The average Bonchev–Trinajstić information content (AvgIpc) is 2.77. The molecule has 2 atom stereocenters. The first-order valence-electron chi connectivity index (χ1n) is 12.8. The van der Waals surface area contributed by atoms with Gasteiger partial charge < -0.3 is 25.4 Å². The number of benzene rings is 1. The molecule has 198 valence electrons. The lowest BCUT2D eigenvalue weighted by Crippen LogP contribution is -2.55. The van der Waals surface area contributed by atoms with E-state index in [0.29, 0.717) is 18.5 Å². The number of hydrogen-bond acceptors (Lipinski definition) is 5. The zero-order valence-electron chi connectivity index (χ0n) is 22.3. The van der Waals surface area contributed by atoms with Gasteiger partial charge in [-0.2, -0.15) is 0 Å². The highest BCUT2D eigenvalue weighted by atomic mass is 16.6. The summed E-state index contributed by atoms with van der Waals surface area (Å²) >= 11 is 0. The minimum absolute atomic E-state index is 0.117. The Bertz CT molecular complexity index is 777. The summed E-state index contributed by atoms with van der Waals surface area (Å²) in [4.78, 5) is 40.8. The van der Waals surface area contributed by atoms with Gasteiger partial charge in [0.15, 0.2) is 0 Å². The molecule has 1 aromatic carbocycles. The molecule has 3 N–H and O–H groups in total. The van der Waals surface area contributed by atoms with Gasteiger partial charge in [0.05, 0.1) is 6.61 Å². The first-order chi connectivity index (χ1) is 16.5. The SMILES string of the molecule is CCCCCCCCN(C(=O)C(CO)NC(=O)OC(C)(C)C)C(C(=O)NC(C)C)c1ccccc1. The molecule has 0 saturated heterocycles. The van der Waals surface area contributed by atoms with E-state index in [1.165, 1.54) is 11.3 Å². The number of rotatable bonds is 14. The summed E-state index contributed by atoms with van der Waals surface area (Å²) in [5, 5.41) is 15.4. The van der Waals surface area contributed by atoms with Gasteiger partial charge in [0.25, 0.3) is 0 Å². The van der Waals surface area contributed by atoms with Crippen molar-refractivity contribution in [1.82, 2.24) is 15.5 Å². The maximum Gasteiger partial charge on any atom is 0.408 e. The maximum absolute atomic E-state index is 13.7. The molecular weight excluding hydrogens is 446 g/mol. The molecule has 0 aromatic heterocycles. The van der Waals surface area contributed by atoms with Gasteiger partial charge in [-0.25, -0.2) is 4.79 Å². The van der Waals surface area contributed by atoms with Crippen molar-refractivity contribution in [3.8, 4) is 0 Å². The average molecular weight is 492 g/mol. The minimum Gasteiger partial charge on any atom is -0.444 e. The van der Waals surface area contributed by atoms with E-state index in [4.69, 9.17) is 4.74 Å². The predicted molar refractivity (Wildman–Crippen MR) is 138 cm³/mol. The van der Waals surface area contributed by atoms with Crippen molar-refractivity contribution in [2.24, 2.45) is 0 Å². The molecule has 3 amide bonds. The van der Waals surface area contributed by atoms with Crippen LogP contribution in [0, 0.1) is 0 Å². The second kappa shape index (κ2) is 15.4. The number of amides is 3. The van der Waals surface area contributed by atoms with Crippen molar-refractivity contribution < 1.29 is 24.2 Å². The largest absolute Gasteiger partial charge is 0.444 e. The van der Waals surface area contributed by atoms with Crippen LogP contribution in [0.3, 0.4) is 0 Å². The second-order valence-corrected chi connectivity index (χ2v) is 10.2. The van der Waals surface area contributed by atoms with Crippen LogP contribution in [0.25, 0.3) is 0 Å². The number of carbonyl (C=O) groups is 3. The highest BCUT2D eigenvalue weighted by Gasteiger charge is 2.36. The van der Waals surface area contributed by atoms with Crippen LogP contribution in [0.15, 0.2) is 30.3 Å². The van der Waals surface area contributed by atoms with Crippen LogP contribution in [0.2, 0.25) is 0 Å². The third-order valence-corrected chi connectivity index (χ3v) is 5.31. The van der Waals surface area contributed by atoms with Crippen molar-refractivity contribution in [1.29, 1.82) is 0 Å². The van der Waals surface area contributed by atoms with Crippen molar-refractivity contribution in [2.45, 2.75) is 104 Å². The van der Waals surface area contributed by atoms with E-state index in [-0.39, 0.29) is 11.9 Å². The normalized spacial score (nSPS) is 13.1. The molecule has 0 heterocycles. The van der Waals surface area contributed by atoms with Gasteiger partial charge in [-0.1, -0.05) is 69.4 Å². The minimum atomic E-state index is -1.23. The van der Waals surface area contributed by atoms with E-state index >= 15 is 0 Å². The number of aliphatic hydroxyl groups is 1. The lowest BCUT2D eigenvalue weighted by atomic mass is 10.0. The summed E-state index contributed by atoms with van der Waals surface area (Å²) in [7, 11) is 0. The van der Waals surface area contributed by atoms with Crippen molar-refractivity contribution in [3.05, 3.63) is 35.9 Å². The Hall–Kier alpha value is -2.61. The summed E-state index contributed by atoms with van der Waals surface area (Å²) in [6.45, 7) is 10.7. The third-order valence-electron chi connectivity index (χ3n) is 5.31. The van der Waals surface area contributed by atoms with E-state index in [9.17, 15) is 19.5 Å². The molecule has 0 fully saturated rings. The molecule has 1 aromatic rings. The third kappa shape index (κ3) is 11.6. The van der Waals surface area contributed by atoms with Crippen LogP contribution >= 0.6 is 0 Å². The summed E-state index contributed by atoms with van der Waals surface area (Å²) in [5.41, 5.74) is -0.0892. The number of unbranched alkanes of at least 4 members (excludes halogenated alkanes) is 5. The molecule has 35 heavy (non-hydrogen) atoms. The van der Waals surface area contributed by atoms with Gasteiger partial charge in [0.1, 0.15) is 17.7 Å². The molecule has 2 unspecified atom stereocenters. The summed E-state index contributed by atoms with van der Waals surface area (Å²) in [5.74, 6) is -0.834. The fraction of sp³-hybridized carbons (Fsp3) is 0.667. The fourth-order valence-electron chi connectivity index (χ4n) is 3.74. The number of carbonyl (C=O) groups excluding carboxylic acids is 3. The number of ether oxygens (including phenoxy) is 1. The molecule has 0 aliphatic carbocycles. The van der Waals surface area contributed by atoms with Crippen LogP contribution in [-0.2, 0) is 14.3 Å². The molecule has 0 aliphatic heterocycles. The highest BCUT2D eigenvalue weighted by Crippen LogP contribution is 2.24. The molecule has 0 spiro atoms. The number of hydrogen-bond donors (Lipinski definition) is 3. The predicted octanol–water partition coefficient (Wildman–Crippen LogP) is 4.33. The molecule has 0 saturated carbocycles. The van der Waals surface area contributed by atoms with Gasteiger partial charge in [0, 0.05) is 12.6 Å². The van der Waals surface area contributed by atoms with Crippen LogP contribution in [0.5, 0.6) is 0 Å². The van der Waals surface area contributed by atoms with Crippen LogP contribution in [0.1, 0.15) is 91.7 Å². The molecule has 0 bridgehead atoms. The van der Waals surface area contributed by atoms with Crippen molar-refractivity contribution in [2.75, 3.05) is 13.2 Å². The number of nitrogens with zero attached hydrogens (tertiary/aromatic N) is 1. The van der Waals surface area contributed by atoms with E-state index < -0.39 is 36.3 Å². The molecule has 8 heteroatoms. The van der Waals surface area contributed by atoms with Crippen LogP contribution < -0.4 is 10.6 Å². The maximum atomic E-state index is 13.7. The Morgan fingerprint density at radius 2 is 1.57 bits per heavy atom. The molecule has 8 nitrogen and oxygen atoms in total. The van der Waals surface area contributed by atoms with Gasteiger partial charge in [-0.3, -0.25) is 9.59 Å². The molecular formula is C27H45N3O5. The lowest BCUT2D eigenvalue weighted by molar-refractivity contribution is -0.143. The van der Waals surface area contributed by atoms with Gasteiger partial charge in [0.2, 0.25) is 11.8 Å². The summed E-state index contributed by atoms with van der Waals surface area (Å²) < 4.78 is 5.27. The van der Waals surface area contributed by atoms with E-state index in [0.717, 1.165) is 25.7 Å². The standard InChI is InChI=1S/C27H45N3O5/c1-7-8-9-10-11-15-18-30(25(33)22(19-31)29-26(34)35-27(4,5)6)23(24(32)28-20(2)3)21-16-13-12-14-17-21/h12-14,16-17,20,22-23,31H,7-11,15,18-19H2,1-6H3,(H,28,32)(H,29,34). The molecule has 1 rings (SSSR count). The number of aliphatic hydroxyl groups excluding tert-OH is 1. The smallest absolute Gasteiger partial charge is 0.408 e. The Balaban J connectivity index is 3.22. The Labute approximate surface area is 210 Å². The monoisotopic (exact) mass is 491 g/mol. The fourth-order valence-corrected chi connectivity index (χ4v) is 3.74. The first-order valence-corrected chi connectivity index (χ1v) is 12.8. The number of alkyl carbamates (subject to hydrolysis) is 1. The van der Waals surface area contributed by atoms with Gasteiger partial charge >= 0.3 is 6.09 Å². The van der Waals surface area contributed by atoms with Gasteiger partial charge in [-0.05, 0) is 46.6 Å². The second-order valence-electron chi connectivity index (χ2n) is 10.2. The zero-order valence-corrected chi connectivity index (χ0v) is 22.3. The topological polar surface area (TPSA) is 108 Å².